The van der Waals surface area contributed by atoms with Crippen LogP contribution in [0.1, 0.15) is 11.4 Å². The molecule has 2 aromatic carbocycles. The lowest BCUT2D eigenvalue weighted by molar-refractivity contribution is -0.137. The number of nitrogens with zero attached hydrogens (tertiary/aromatic N) is 2. The molecule has 0 aliphatic heterocycles. The van der Waals surface area contributed by atoms with Crippen LogP contribution in [-0.2, 0) is 16.2 Å². The van der Waals surface area contributed by atoms with Crippen LogP contribution < -0.4 is 4.72 Å². The minimum Gasteiger partial charge on any atom is -0.280 e. The van der Waals surface area contributed by atoms with Gasteiger partial charge in [-0.15, -0.1) is 0 Å². The fourth-order valence-electron chi connectivity index (χ4n) is 2.25. The molecule has 0 aliphatic carbocycles. The van der Waals surface area contributed by atoms with E-state index in [1.54, 1.807) is 19.1 Å². The maximum atomic E-state index is 12.8. The molecule has 0 spiro atoms. The summed E-state index contributed by atoms with van der Waals surface area (Å²) in [5.41, 5.74) is -0.300. The van der Waals surface area contributed by atoms with E-state index in [1.165, 1.54) is 12.1 Å². The van der Waals surface area contributed by atoms with E-state index < -0.39 is 26.7 Å². The van der Waals surface area contributed by atoms with Crippen molar-refractivity contribution in [2.24, 2.45) is 0 Å². The zero-order chi connectivity index (χ0) is 18.9. The third-order valence-corrected chi connectivity index (χ3v) is 4.82. The Morgan fingerprint density at radius 1 is 1.08 bits per heavy atom. The van der Waals surface area contributed by atoms with E-state index in [0.717, 1.165) is 18.2 Å². The summed E-state index contributed by atoms with van der Waals surface area (Å²) in [5, 5.41) is 6.66. The third-order valence-electron chi connectivity index (χ3n) is 3.44. The molecule has 0 unspecified atom stereocenters. The van der Waals surface area contributed by atoms with E-state index in [0.29, 0.717) is 23.3 Å². The first kappa shape index (κ1) is 17.9. The number of sulfonamides is 1. The molecule has 3 rings (SSSR count). The minimum atomic E-state index is -4.63. The highest BCUT2D eigenvalue weighted by molar-refractivity contribution is 7.92. The van der Waals surface area contributed by atoms with Gasteiger partial charge in [-0.05, 0) is 37.3 Å². The molecule has 1 aromatic heterocycles. The molecule has 2 N–H and O–H groups in total. The van der Waals surface area contributed by atoms with Gasteiger partial charge in [0.2, 0.25) is 0 Å². The molecule has 0 bridgehead atoms. The average Bonchev–Trinajstić information content (AvgIpc) is 3.01. The summed E-state index contributed by atoms with van der Waals surface area (Å²) in [6, 6.07) is 9.79. The van der Waals surface area contributed by atoms with Crippen molar-refractivity contribution in [1.29, 1.82) is 0 Å². The summed E-state index contributed by atoms with van der Waals surface area (Å²) >= 11 is 0. The number of hydrogen-bond acceptors (Lipinski definition) is 4. The summed E-state index contributed by atoms with van der Waals surface area (Å²) in [7, 11) is -4.19. The Hall–Kier alpha value is -2.88. The second-order valence-electron chi connectivity index (χ2n) is 5.46. The quantitative estimate of drug-likeness (QED) is 0.722. The molecule has 1 heterocycles. The Balaban J connectivity index is 1.91. The standard InChI is InChI=1S/C16H13F3N4O2S/c1-10-20-15(22-21-10)11-4-2-6-13(8-11)23-26(24,25)14-7-3-5-12(9-14)16(17,18)19/h2-9,23H,1H3,(H,20,21,22). The Bertz CT molecular complexity index is 1050. The van der Waals surface area contributed by atoms with Crippen molar-refractivity contribution in [1.82, 2.24) is 15.2 Å². The fourth-order valence-corrected chi connectivity index (χ4v) is 3.34. The molecule has 0 atom stereocenters. The number of hydrogen-bond donors (Lipinski definition) is 2. The number of nitrogens with one attached hydrogen (secondary N) is 2. The Kier molecular flexibility index (Phi) is 4.45. The topological polar surface area (TPSA) is 87.7 Å². The number of aromatic amines is 1. The normalized spacial score (nSPS) is 12.2. The third kappa shape index (κ3) is 3.85. The number of benzene rings is 2. The van der Waals surface area contributed by atoms with E-state index in [9.17, 15) is 21.6 Å². The smallest absolute Gasteiger partial charge is 0.280 e. The monoisotopic (exact) mass is 382 g/mol. The van der Waals surface area contributed by atoms with Crippen LogP contribution in [-0.4, -0.2) is 23.6 Å². The largest absolute Gasteiger partial charge is 0.416 e. The molecule has 0 saturated heterocycles. The predicted molar refractivity (Wildman–Crippen MR) is 88.8 cm³/mol. The SMILES string of the molecule is Cc1nc(-c2cccc(NS(=O)(=O)c3cccc(C(F)(F)F)c3)c2)n[nH]1. The van der Waals surface area contributed by atoms with Crippen LogP contribution in [0.3, 0.4) is 0 Å². The molecular weight excluding hydrogens is 369 g/mol. The maximum absolute atomic E-state index is 12.8. The van der Waals surface area contributed by atoms with Gasteiger partial charge in [0.1, 0.15) is 5.82 Å². The predicted octanol–water partition coefficient (Wildman–Crippen LogP) is 3.60. The van der Waals surface area contributed by atoms with Crippen molar-refractivity contribution >= 4 is 15.7 Å². The number of aryl methyl sites for hydroxylation is 1. The van der Waals surface area contributed by atoms with Gasteiger partial charge in [-0.25, -0.2) is 13.4 Å². The zero-order valence-corrected chi connectivity index (χ0v) is 14.2. The number of H-pyrrole nitrogens is 1. The van der Waals surface area contributed by atoms with Crippen molar-refractivity contribution < 1.29 is 21.6 Å². The van der Waals surface area contributed by atoms with Crippen molar-refractivity contribution in [3.63, 3.8) is 0 Å². The van der Waals surface area contributed by atoms with Crippen LogP contribution >= 0.6 is 0 Å². The van der Waals surface area contributed by atoms with Gasteiger partial charge in [0.05, 0.1) is 10.5 Å². The average molecular weight is 382 g/mol. The lowest BCUT2D eigenvalue weighted by atomic mass is 10.2. The number of anilines is 1. The van der Waals surface area contributed by atoms with E-state index in [1.807, 2.05) is 0 Å². The molecule has 6 nitrogen and oxygen atoms in total. The molecular formula is C16H13F3N4O2S. The molecule has 10 heteroatoms. The van der Waals surface area contributed by atoms with Crippen molar-refractivity contribution in [2.45, 2.75) is 18.0 Å². The van der Waals surface area contributed by atoms with E-state index in [-0.39, 0.29) is 5.69 Å². The van der Waals surface area contributed by atoms with Gasteiger partial charge in [-0.2, -0.15) is 18.3 Å². The highest BCUT2D eigenvalue weighted by Crippen LogP contribution is 2.31. The van der Waals surface area contributed by atoms with Gasteiger partial charge in [0.25, 0.3) is 10.0 Å². The van der Waals surface area contributed by atoms with E-state index in [2.05, 4.69) is 19.9 Å². The highest BCUT2D eigenvalue weighted by Gasteiger charge is 2.31. The van der Waals surface area contributed by atoms with Crippen molar-refractivity contribution in [3.8, 4) is 11.4 Å². The Morgan fingerprint density at radius 3 is 2.46 bits per heavy atom. The summed E-state index contributed by atoms with van der Waals surface area (Å²) in [6.45, 7) is 1.72. The van der Waals surface area contributed by atoms with Crippen LogP contribution in [0.2, 0.25) is 0 Å². The van der Waals surface area contributed by atoms with Crippen LogP contribution in [0, 0.1) is 6.92 Å². The summed E-state index contributed by atoms with van der Waals surface area (Å²) in [4.78, 5) is 3.67. The van der Waals surface area contributed by atoms with Crippen LogP contribution in [0.15, 0.2) is 53.4 Å². The number of alkyl halides is 3. The Labute approximate surface area is 147 Å². The number of aromatic nitrogens is 3. The second-order valence-corrected chi connectivity index (χ2v) is 7.14. The van der Waals surface area contributed by atoms with E-state index >= 15 is 0 Å². The molecule has 136 valence electrons. The molecule has 0 radical (unpaired) electrons. The lowest BCUT2D eigenvalue weighted by Crippen LogP contribution is -2.14. The first-order valence-corrected chi connectivity index (χ1v) is 8.83. The summed E-state index contributed by atoms with van der Waals surface area (Å²) in [6.07, 6.45) is -4.63. The van der Waals surface area contributed by atoms with Crippen LogP contribution in [0.25, 0.3) is 11.4 Å². The minimum absolute atomic E-state index is 0.183. The molecule has 26 heavy (non-hydrogen) atoms. The molecule has 3 aromatic rings. The van der Waals surface area contributed by atoms with Gasteiger partial charge in [0.15, 0.2) is 5.82 Å². The molecule has 0 amide bonds. The maximum Gasteiger partial charge on any atom is 0.416 e. The highest BCUT2D eigenvalue weighted by atomic mass is 32.2. The van der Waals surface area contributed by atoms with Gasteiger partial charge in [-0.1, -0.05) is 18.2 Å². The first-order valence-electron chi connectivity index (χ1n) is 7.35. The first-order chi connectivity index (χ1) is 12.1. The Morgan fingerprint density at radius 2 is 1.81 bits per heavy atom. The van der Waals surface area contributed by atoms with E-state index in [4.69, 9.17) is 0 Å². The van der Waals surface area contributed by atoms with Crippen molar-refractivity contribution in [3.05, 3.63) is 59.9 Å². The summed E-state index contributed by atoms with van der Waals surface area (Å²) in [5.74, 6) is 0.970. The second kappa shape index (κ2) is 6.45. The van der Waals surface area contributed by atoms with Crippen molar-refractivity contribution in [2.75, 3.05) is 4.72 Å². The number of halogens is 3. The van der Waals surface area contributed by atoms with Crippen LogP contribution in [0.5, 0.6) is 0 Å². The fraction of sp³-hybridized carbons (Fsp3) is 0.125. The van der Waals surface area contributed by atoms with Crippen LogP contribution in [0.4, 0.5) is 18.9 Å². The number of rotatable bonds is 4. The summed E-state index contributed by atoms with van der Waals surface area (Å²) < 4.78 is 65.5. The molecule has 0 saturated carbocycles. The molecule has 0 aliphatic rings. The molecule has 0 fully saturated rings. The van der Waals surface area contributed by atoms with Gasteiger partial charge >= 0.3 is 6.18 Å². The lowest BCUT2D eigenvalue weighted by Gasteiger charge is -2.11. The van der Waals surface area contributed by atoms with Gasteiger partial charge in [0, 0.05) is 11.3 Å². The zero-order valence-electron chi connectivity index (χ0n) is 13.4. The van der Waals surface area contributed by atoms with Gasteiger partial charge < -0.3 is 0 Å². The van der Waals surface area contributed by atoms with Gasteiger partial charge in [-0.3, -0.25) is 9.82 Å².